The zero-order valence-electron chi connectivity index (χ0n) is 18.2. The number of amides is 2. The molecule has 2 amide bonds. The van der Waals surface area contributed by atoms with Gasteiger partial charge in [0.15, 0.2) is 14.6 Å². The third-order valence-corrected chi connectivity index (χ3v) is 8.08. The highest BCUT2D eigenvalue weighted by atomic mass is 32.2. The van der Waals surface area contributed by atoms with Crippen LogP contribution in [0.15, 0.2) is 41.6 Å². The van der Waals surface area contributed by atoms with Gasteiger partial charge in [-0.1, -0.05) is 12.1 Å². The number of aromatic nitrogens is 2. The Morgan fingerprint density at radius 2 is 1.64 bits per heavy atom. The van der Waals surface area contributed by atoms with Crippen LogP contribution in [0.5, 0.6) is 0 Å². The maximum absolute atomic E-state index is 13.2. The number of sulfone groups is 1. The second-order valence-electron chi connectivity index (χ2n) is 7.75. The van der Waals surface area contributed by atoms with Crippen molar-refractivity contribution in [1.29, 1.82) is 0 Å². The average molecular weight is 538 g/mol. The Kier molecular flexibility index (Phi) is 7.61. The number of nitrogens with one attached hydrogen (secondary N) is 2. The van der Waals surface area contributed by atoms with Gasteiger partial charge in [-0.15, -0.1) is 0 Å². The maximum Gasteiger partial charge on any atom is 0.455 e. The molecule has 1 aliphatic heterocycles. The predicted molar refractivity (Wildman–Crippen MR) is 111 cm³/mol. The fourth-order valence-electron chi connectivity index (χ4n) is 3.43. The number of nitrogens with zero attached hydrogens (tertiary/aromatic N) is 2. The van der Waals surface area contributed by atoms with Crippen LogP contribution in [0.2, 0.25) is 0 Å². The quantitative estimate of drug-likeness (QED) is 0.275. The summed E-state index contributed by atoms with van der Waals surface area (Å²) in [5.74, 6) is -7.51. The molecule has 1 aromatic heterocycles. The first-order chi connectivity index (χ1) is 16.7. The Labute approximate surface area is 200 Å². The van der Waals surface area contributed by atoms with Crippen molar-refractivity contribution in [1.82, 2.24) is 20.8 Å². The molecule has 0 aliphatic carbocycles. The van der Waals surface area contributed by atoms with Gasteiger partial charge in [-0.3, -0.25) is 19.8 Å². The number of benzene rings is 1. The van der Waals surface area contributed by atoms with Gasteiger partial charge >= 0.3 is 12.1 Å². The third-order valence-electron chi connectivity index (χ3n) is 5.56. The van der Waals surface area contributed by atoms with Crippen LogP contribution in [0.4, 0.5) is 22.0 Å². The number of carbonyl (C=O) groups is 2. The average Bonchev–Trinajstić information content (AvgIpc) is 2.86. The lowest BCUT2D eigenvalue weighted by molar-refractivity contribution is -0.278. The molecule has 1 aliphatic rings. The normalized spacial score (nSPS) is 16.3. The zero-order chi connectivity index (χ0) is 26.8. The fourth-order valence-corrected chi connectivity index (χ4v) is 5.37. The second-order valence-corrected chi connectivity index (χ2v) is 10.0. The van der Waals surface area contributed by atoms with E-state index in [1.54, 1.807) is 0 Å². The summed E-state index contributed by atoms with van der Waals surface area (Å²) in [6.07, 6.45) is -4.29. The molecule has 1 saturated heterocycles. The van der Waals surface area contributed by atoms with Crippen molar-refractivity contribution in [2.75, 3.05) is 19.8 Å². The molecule has 1 aromatic carbocycles. The van der Waals surface area contributed by atoms with Crippen LogP contribution in [0.1, 0.15) is 23.3 Å². The van der Waals surface area contributed by atoms with E-state index in [9.17, 15) is 40.0 Å². The summed E-state index contributed by atoms with van der Waals surface area (Å²) in [4.78, 5) is 31.5. The van der Waals surface area contributed by atoms with Gasteiger partial charge in [-0.25, -0.2) is 18.9 Å². The highest BCUT2D eigenvalue weighted by molar-refractivity contribution is 7.93. The number of ether oxygens (including phenoxy) is 1. The van der Waals surface area contributed by atoms with Gasteiger partial charge in [0, 0.05) is 18.8 Å². The van der Waals surface area contributed by atoms with Gasteiger partial charge in [0.2, 0.25) is 0 Å². The van der Waals surface area contributed by atoms with E-state index in [0.29, 0.717) is 5.56 Å². The summed E-state index contributed by atoms with van der Waals surface area (Å²) in [5, 5.41) is 10.5. The van der Waals surface area contributed by atoms with Gasteiger partial charge in [0.25, 0.3) is 11.8 Å². The van der Waals surface area contributed by atoms with Crippen LogP contribution < -0.4 is 10.8 Å². The number of carbonyl (C=O) groups excluding carboxylic acids is 2. The summed E-state index contributed by atoms with van der Waals surface area (Å²) in [7, 11) is -4.26. The number of rotatable bonds is 7. The Morgan fingerprint density at radius 3 is 2.14 bits per heavy atom. The standard InChI is InChI=1S/C20H19F5N4O6S/c21-19(22,20(23,24)25)11-28-16(30)15-10-26-14(9-27-15)12-1-3-13(4-2-12)36(33,34)18(17(31)29-32)5-7-35-8-6-18/h1-4,9-10,32H,5-8,11H2,(H,28,30)(H,29,31). The molecule has 16 heteroatoms. The number of alkyl halides is 5. The molecule has 36 heavy (non-hydrogen) atoms. The minimum atomic E-state index is -5.83. The summed E-state index contributed by atoms with van der Waals surface area (Å²) in [6, 6.07) is 5.08. The molecule has 1 fully saturated rings. The molecule has 0 saturated carbocycles. The molecule has 10 nitrogen and oxygen atoms in total. The van der Waals surface area contributed by atoms with E-state index in [4.69, 9.17) is 9.94 Å². The van der Waals surface area contributed by atoms with E-state index in [0.717, 1.165) is 12.4 Å². The topological polar surface area (TPSA) is 148 Å². The number of hydrogen-bond acceptors (Lipinski definition) is 8. The van der Waals surface area contributed by atoms with Gasteiger partial charge in [-0.05, 0) is 25.0 Å². The van der Waals surface area contributed by atoms with E-state index < -0.39 is 50.7 Å². The Hall–Kier alpha value is -3.24. The molecule has 0 unspecified atom stereocenters. The molecule has 0 bridgehead atoms. The predicted octanol–water partition coefficient (Wildman–Crippen LogP) is 1.90. The van der Waals surface area contributed by atoms with E-state index in [2.05, 4.69) is 9.97 Å². The molecule has 2 aromatic rings. The first-order valence-corrected chi connectivity index (χ1v) is 11.7. The van der Waals surface area contributed by atoms with Crippen LogP contribution in [-0.2, 0) is 19.4 Å². The van der Waals surface area contributed by atoms with Gasteiger partial charge in [0.05, 0.1) is 29.5 Å². The van der Waals surface area contributed by atoms with E-state index in [-0.39, 0.29) is 36.6 Å². The molecular formula is C20H19F5N4O6S. The SMILES string of the molecule is O=C(NCC(F)(F)C(F)(F)F)c1cnc(-c2ccc(S(=O)(=O)C3(C(=O)NO)CCOCC3)cc2)cn1. The Balaban J connectivity index is 1.77. The second kappa shape index (κ2) is 10.0. The van der Waals surface area contributed by atoms with Crippen molar-refractivity contribution in [2.24, 2.45) is 0 Å². The highest BCUT2D eigenvalue weighted by Crippen LogP contribution is 2.36. The number of halogens is 5. The molecule has 0 atom stereocenters. The van der Waals surface area contributed by atoms with Crippen molar-refractivity contribution in [3.63, 3.8) is 0 Å². The van der Waals surface area contributed by atoms with E-state index in [1.165, 1.54) is 35.1 Å². The van der Waals surface area contributed by atoms with Crippen LogP contribution in [-0.4, -0.2) is 72.0 Å². The van der Waals surface area contributed by atoms with Crippen molar-refractivity contribution in [3.05, 3.63) is 42.4 Å². The largest absolute Gasteiger partial charge is 0.455 e. The van der Waals surface area contributed by atoms with Crippen molar-refractivity contribution in [2.45, 2.75) is 34.6 Å². The lowest BCUT2D eigenvalue weighted by atomic mass is 9.98. The van der Waals surface area contributed by atoms with Crippen molar-refractivity contribution < 1.29 is 49.9 Å². The third kappa shape index (κ3) is 5.15. The van der Waals surface area contributed by atoms with Gasteiger partial charge in [0.1, 0.15) is 5.69 Å². The maximum atomic E-state index is 13.2. The van der Waals surface area contributed by atoms with Crippen molar-refractivity contribution in [3.8, 4) is 11.3 Å². The Morgan fingerprint density at radius 1 is 1.03 bits per heavy atom. The molecule has 0 radical (unpaired) electrons. The van der Waals surface area contributed by atoms with Crippen molar-refractivity contribution >= 4 is 21.7 Å². The first-order valence-electron chi connectivity index (χ1n) is 10.2. The van der Waals surface area contributed by atoms with Gasteiger partial charge in [-0.2, -0.15) is 22.0 Å². The fraction of sp³-hybridized carbons (Fsp3) is 0.400. The number of hydrogen-bond donors (Lipinski definition) is 3. The lowest BCUT2D eigenvalue weighted by Gasteiger charge is -2.34. The molecule has 196 valence electrons. The monoisotopic (exact) mass is 538 g/mol. The smallest absolute Gasteiger partial charge is 0.381 e. The molecule has 2 heterocycles. The minimum absolute atomic E-state index is 0.00586. The zero-order valence-corrected chi connectivity index (χ0v) is 19.0. The molecule has 0 spiro atoms. The molecular weight excluding hydrogens is 519 g/mol. The van der Waals surface area contributed by atoms with Crippen LogP contribution >= 0.6 is 0 Å². The number of hydroxylamine groups is 1. The minimum Gasteiger partial charge on any atom is -0.381 e. The van der Waals surface area contributed by atoms with Crippen LogP contribution in [0, 0.1) is 0 Å². The summed E-state index contributed by atoms with van der Waals surface area (Å²) >= 11 is 0. The molecule has 3 rings (SSSR count). The van der Waals surface area contributed by atoms with E-state index >= 15 is 0 Å². The van der Waals surface area contributed by atoms with Crippen LogP contribution in [0.3, 0.4) is 0 Å². The first kappa shape index (κ1) is 27.3. The summed E-state index contributed by atoms with van der Waals surface area (Å²) in [6.45, 7) is -1.99. The molecule has 3 N–H and O–H groups in total. The Bertz CT molecular complexity index is 1210. The van der Waals surface area contributed by atoms with Crippen LogP contribution in [0.25, 0.3) is 11.3 Å². The van der Waals surface area contributed by atoms with Gasteiger partial charge < -0.3 is 10.1 Å². The summed E-state index contributed by atoms with van der Waals surface area (Å²) < 4.78 is 92.3. The van der Waals surface area contributed by atoms with E-state index in [1.807, 2.05) is 0 Å². The summed E-state index contributed by atoms with van der Waals surface area (Å²) in [5.41, 5.74) is 1.34. The highest BCUT2D eigenvalue weighted by Gasteiger charge is 2.57. The lowest BCUT2D eigenvalue weighted by Crippen LogP contribution is -2.54.